The standard InChI is InChI=1S/C12H18N6O2/c1-20-9-2-3-17(8(4-9)6-13)10-5-11-15-16-12(19)18(11)7-14-10/h5,7-9H,2-4,6,13H2,1H3,(H,16,19). The number of fused-ring (bicyclic) bond motifs is 1. The molecule has 3 heterocycles. The maximum Gasteiger partial charge on any atom is 0.348 e. The minimum Gasteiger partial charge on any atom is -0.381 e. The van der Waals surface area contributed by atoms with Crippen molar-refractivity contribution in [2.75, 3.05) is 25.1 Å². The molecular formula is C12H18N6O2. The number of piperidine rings is 1. The lowest BCUT2D eigenvalue weighted by Crippen LogP contribution is -2.49. The second-order valence-corrected chi connectivity index (χ2v) is 4.97. The molecule has 0 spiro atoms. The third kappa shape index (κ3) is 2.16. The fraction of sp³-hybridized carbons (Fsp3) is 0.583. The molecule has 2 unspecified atom stereocenters. The largest absolute Gasteiger partial charge is 0.381 e. The van der Waals surface area contributed by atoms with Gasteiger partial charge in [-0.2, -0.15) is 5.10 Å². The molecular weight excluding hydrogens is 260 g/mol. The summed E-state index contributed by atoms with van der Waals surface area (Å²) in [6.45, 7) is 1.37. The van der Waals surface area contributed by atoms with Crippen molar-refractivity contribution in [3.05, 3.63) is 22.9 Å². The summed E-state index contributed by atoms with van der Waals surface area (Å²) in [4.78, 5) is 17.9. The Labute approximate surface area is 115 Å². The van der Waals surface area contributed by atoms with E-state index in [9.17, 15) is 4.79 Å². The van der Waals surface area contributed by atoms with Crippen LogP contribution in [-0.2, 0) is 4.74 Å². The fourth-order valence-corrected chi connectivity index (χ4v) is 2.71. The van der Waals surface area contributed by atoms with Crippen molar-refractivity contribution in [3.8, 4) is 0 Å². The molecule has 1 fully saturated rings. The molecule has 8 nitrogen and oxygen atoms in total. The number of anilines is 1. The summed E-state index contributed by atoms with van der Waals surface area (Å²) in [7, 11) is 1.73. The van der Waals surface area contributed by atoms with Gasteiger partial charge < -0.3 is 15.4 Å². The zero-order valence-electron chi connectivity index (χ0n) is 11.3. The van der Waals surface area contributed by atoms with Crippen LogP contribution in [-0.4, -0.2) is 51.9 Å². The molecule has 2 aromatic heterocycles. The average Bonchev–Trinajstić information content (AvgIpc) is 2.87. The van der Waals surface area contributed by atoms with E-state index in [1.54, 1.807) is 13.2 Å². The Hall–Kier alpha value is -1.93. The molecule has 0 radical (unpaired) electrons. The van der Waals surface area contributed by atoms with Crippen molar-refractivity contribution in [1.82, 2.24) is 19.6 Å². The summed E-state index contributed by atoms with van der Waals surface area (Å²) in [5.74, 6) is 0.793. The molecule has 3 rings (SSSR count). The molecule has 2 aromatic rings. The van der Waals surface area contributed by atoms with Gasteiger partial charge in [0.1, 0.15) is 12.1 Å². The highest BCUT2D eigenvalue weighted by Gasteiger charge is 2.28. The monoisotopic (exact) mass is 278 g/mol. The SMILES string of the molecule is COC1CCN(c2cc3n[nH]c(=O)n3cn2)C(CN)C1. The average molecular weight is 278 g/mol. The number of hydrogen-bond donors (Lipinski definition) is 2. The van der Waals surface area contributed by atoms with E-state index in [0.29, 0.717) is 12.2 Å². The van der Waals surface area contributed by atoms with Gasteiger partial charge in [-0.15, -0.1) is 0 Å². The molecule has 1 aliphatic rings. The van der Waals surface area contributed by atoms with Gasteiger partial charge in [0, 0.05) is 32.3 Å². The van der Waals surface area contributed by atoms with E-state index in [1.807, 2.05) is 0 Å². The van der Waals surface area contributed by atoms with Crippen LogP contribution in [0.25, 0.3) is 5.65 Å². The van der Waals surface area contributed by atoms with Crippen LogP contribution in [0.4, 0.5) is 5.82 Å². The first-order chi connectivity index (χ1) is 9.72. The lowest BCUT2D eigenvalue weighted by molar-refractivity contribution is 0.0708. The Morgan fingerprint density at radius 1 is 1.60 bits per heavy atom. The number of aromatic amines is 1. The Morgan fingerprint density at radius 2 is 2.45 bits per heavy atom. The number of nitrogens with one attached hydrogen (secondary N) is 1. The van der Waals surface area contributed by atoms with Gasteiger partial charge in [0.2, 0.25) is 0 Å². The van der Waals surface area contributed by atoms with Crippen molar-refractivity contribution in [2.24, 2.45) is 5.73 Å². The number of rotatable bonds is 3. The van der Waals surface area contributed by atoms with Crippen LogP contribution in [0.1, 0.15) is 12.8 Å². The minimum atomic E-state index is -0.285. The van der Waals surface area contributed by atoms with Crippen LogP contribution in [0.5, 0.6) is 0 Å². The molecule has 0 amide bonds. The van der Waals surface area contributed by atoms with Gasteiger partial charge in [-0.05, 0) is 12.8 Å². The van der Waals surface area contributed by atoms with Crippen molar-refractivity contribution in [3.63, 3.8) is 0 Å². The van der Waals surface area contributed by atoms with E-state index in [0.717, 1.165) is 25.2 Å². The van der Waals surface area contributed by atoms with Gasteiger partial charge in [-0.25, -0.2) is 19.3 Å². The molecule has 0 saturated carbocycles. The Balaban J connectivity index is 1.91. The minimum absolute atomic E-state index is 0.189. The lowest BCUT2D eigenvalue weighted by Gasteiger charge is -2.39. The summed E-state index contributed by atoms with van der Waals surface area (Å²) < 4.78 is 6.79. The van der Waals surface area contributed by atoms with Crippen molar-refractivity contribution in [1.29, 1.82) is 0 Å². The van der Waals surface area contributed by atoms with E-state index in [2.05, 4.69) is 20.1 Å². The number of H-pyrrole nitrogens is 1. The normalized spacial score (nSPS) is 23.4. The van der Waals surface area contributed by atoms with Gasteiger partial charge in [-0.1, -0.05) is 0 Å². The van der Waals surface area contributed by atoms with Crippen molar-refractivity contribution in [2.45, 2.75) is 25.0 Å². The topological polar surface area (TPSA) is 102 Å². The van der Waals surface area contributed by atoms with Gasteiger partial charge >= 0.3 is 5.69 Å². The van der Waals surface area contributed by atoms with E-state index < -0.39 is 0 Å². The van der Waals surface area contributed by atoms with Gasteiger partial charge in [-0.3, -0.25) is 0 Å². The van der Waals surface area contributed by atoms with Crippen molar-refractivity contribution >= 4 is 11.5 Å². The van der Waals surface area contributed by atoms with E-state index in [1.165, 1.54) is 10.7 Å². The second-order valence-electron chi connectivity index (χ2n) is 4.97. The molecule has 0 aromatic carbocycles. The molecule has 0 aliphatic carbocycles. The number of aromatic nitrogens is 4. The zero-order chi connectivity index (χ0) is 14.1. The number of hydrogen-bond acceptors (Lipinski definition) is 6. The molecule has 3 N–H and O–H groups in total. The van der Waals surface area contributed by atoms with Crippen LogP contribution in [0, 0.1) is 0 Å². The van der Waals surface area contributed by atoms with Gasteiger partial charge in [0.05, 0.1) is 6.10 Å². The number of methoxy groups -OCH3 is 1. The van der Waals surface area contributed by atoms with E-state index >= 15 is 0 Å². The van der Waals surface area contributed by atoms with Gasteiger partial charge in [0.25, 0.3) is 0 Å². The molecule has 1 saturated heterocycles. The highest BCUT2D eigenvalue weighted by atomic mass is 16.5. The fourth-order valence-electron chi connectivity index (χ4n) is 2.71. The number of ether oxygens (including phenoxy) is 1. The Morgan fingerprint density at radius 3 is 3.20 bits per heavy atom. The summed E-state index contributed by atoms with van der Waals surface area (Å²) in [5.41, 5.74) is 6.14. The van der Waals surface area contributed by atoms with Crippen LogP contribution in [0.15, 0.2) is 17.2 Å². The zero-order valence-corrected chi connectivity index (χ0v) is 11.3. The molecule has 0 bridgehead atoms. The van der Waals surface area contributed by atoms with Crippen LogP contribution >= 0.6 is 0 Å². The molecule has 20 heavy (non-hydrogen) atoms. The van der Waals surface area contributed by atoms with Crippen LogP contribution < -0.4 is 16.3 Å². The third-order valence-electron chi connectivity index (χ3n) is 3.86. The first-order valence-electron chi connectivity index (χ1n) is 6.65. The Kier molecular flexibility index (Phi) is 3.41. The molecule has 2 atom stereocenters. The number of nitrogens with two attached hydrogens (primary N) is 1. The summed E-state index contributed by atoms with van der Waals surface area (Å²) in [5, 5.41) is 6.36. The first kappa shape index (κ1) is 13.1. The summed E-state index contributed by atoms with van der Waals surface area (Å²) in [6, 6.07) is 1.99. The summed E-state index contributed by atoms with van der Waals surface area (Å²) in [6.07, 6.45) is 3.56. The predicted molar refractivity (Wildman–Crippen MR) is 73.8 cm³/mol. The summed E-state index contributed by atoms with van der Waals surface area (Å²) >= 11 is 0. The second kappa shape index (κ2) is 5.22. The Bertz CT molecular complexity index is 651. The van der Waals surface area contributed by atoms with Crippen LogP contribution in [0.3, 0.4) is 0 Å². The van der Waals surface area contributed by atoms with Crippen LogP contribution in [0.2, 0.25) is 0 Å². The smallest absolute Gasteiger partial charge is 0.348 e. The number of nitrogens with zero attached hydrogens (tertiary/aromatic N) is 4. The maximum atomic E-state index is 11.4. The van der Waals surface area contributed by atoms with E-state index in [4.69, 9.17) is 10.5 Å². The molecule has 1 aliphatic heterocycles. The predicted octanol–water partition coefficient (Wildman–Crippen LogP) is -0.640. The maximum absolute atomic E-state index is 11.4. The highest BCUT2D eigenvalue weighted by Crippen LogP contribution is 2.24. The highest BCUT2D eigenvalue weighted by molar-refractivity contribution is 5.51. The van der Waals surface area contributed by atoms with E-state index in [-0.39, 0.29) is 17.8 Å². The third-order valence-corrected chi connectivity index (χ3v) is 3.86. The van der Waals surface area contributed by atoms with Gasteiger partial charge in [0.15, 0.2) is 5.65 Å². The molecule has 108 valence electrons. The quantitative estimate of drug-likeness (QED) is 0.774. The van der Waals surface area contributed by atoms with Crippen molar-refractivity contribution < 1.29 is 4.74 Å². The lowest BCUT2D eigenvalue weighted by atomic mass is 9.99. The first-order valence-corrected chi connectivity index (χ1v) is 6.65. The molecule has 8 heteroatoms.